The van der Waals surface area contributed by atoms with Gasteiger partial charge >= 0.3 is 0 Å². The Balaban J connectivity index is 1.25. The number of carbonyl (C=O) groups excluding carboxylic acids is 2. The van der Waals surface area contributed by atoms with E-state index in [1.807, 2.05) is 66.5 Å². The number of thioether (sulfide) groups is 1. The van der Waals surface area contributed by atoms with Crippen LogP contribution in [0.5, 0.6) is 5.75 Å². The molecule has 0 aliphatic carbocycles. The molecule has 2 aromatic carbocycles. The second-order valence-electron chi connectivity index (χ2n) is 6.88. The number of aromatic nitrogens is 1. The molecule has 1 saturated heterocycles. The molecule has 4 rings (SSSR count). The molecule has 1 aliphatic rings. The van der Waals surface area contributed by atoms with E-state index in [0.29, 0.717) is 25.7 Å². The van der Waals surface area contributed by atoms with Gasteiger partial charge in [0, 0.05) is 30.9 Å². The number of nitrogens with zero attached hydrogens (tertiary/aromatic N) is 3. The molecule has 154 valence electrons. The van der Waals surface area contributed by atoms with Crippen molar-refractivity contribution in [3.05, 3.63) is 66.4 Å². The van der Waals surface area contributed by atoms with E-state index in [1.165, 1.54) is 4.90 Å². The summed E-state index contributed by atoms with van der Waals surface area (Å²) in [6, 6.07) is 17.9. The summed E-state index contributed by atoms with van der Waals surface area (Å²) in [4.78, 5) is 30.8. The van der Waals surface area contributed by atoms with Crippen LogP contribution in [-0.4, -0.2) is 47.0 Å². The molecule has 8 heteroatoms. The van der Waals surface area contributed by atoms with E-state index >= 15 is 0 Å². The number of ether oxygens (including phenoxy) is 1. The maximum atomic E-state index is 11.7. The largest absolute Gasteiger partial charge is 0.492 e. The van der Waals surface area contributed by atoms with E-state index in [1.54, 1.807) is 6.20 Å². The highest BCUT2D eigenvalue weighted by Gasteiger charge is 2.28. The molecule has 0 spiro atoms. The lowest BCUT2D eigenvalue weighted by atomic mass is 10.2. The third kappa shape index (κ3) is 4.83. The number of amides is 1. The van der Waals surface area contributed by atoms with Gasteiger partial charge in [-0.15, -0.1) is 0 Å². The Labute approximate surface area is 178 Å². The molecule has 0 saturated carbocycles. The minimum absolute atomic E-state index is 0.106. The molecule has 30 heavy (non-hydrogen) atoms. The smallest absolute Gasteiger partial charge is 0.297 e. The zero-order valence-electron chi connectivity index (χ0n) is 16.5. The summed E-state index contributed by atoms with van der Waals surface area (Å²) in [5, 5.41) is -0.295. The van der Waals surface area contributed by atoms with Gasteiger partial charge in [0.1, 0.15) is 12.4 Å². The standard InChI is InChI=1S/C22H21N3O4S/c1-24(21-23-13-19(29-21)17-5-3-2-4-6-17)11-12-28-18-9-7-16(8-10-18)14-25-15-20(26)30-22(25)27/h2-10,13H,11-12,14-15H2,1H3. The number of benzene rings is 2. The Morgan fingerprint density at radius 1 is 1.13 bits per heavy atom. The fourth-order valence-electron chi connectivity index (χ4n) is 3.02. The van der Waals surface area contributed by atoms with Crippen molar-refractivity contribution in [1.82, 2.24) is 9.88 Å². The number of likely N-dealkylation sites (N-methyl/N-ethyl adjacent to an activating group) is 1. The molecule has 1 aliphatic heterocycles. The van der Waals surface area contributed by atoms with Crippen LogP contribution < -0.4 is 9.64 Å². The topological polar surface area (TPSA) is 75.9 Å². The lowest BCUT2D eigenvalue weighted by Gasteiger charge is -2.16. The fraction of sp³-hybridized carbons (Fsp3) is 0.227. The van der Waals surface area contributed by atoms with Gasteiger partial charge in [-0.2, -0.15) is 0 Å². The number of anilines is 1. The SMILES string of the molecule is CN(CCOc1ccc(CN2CC(=O)SC2=O)cc1)c1ncc(-c2ccccc2)o1. The second-order valence-corrected chi connectivity index (χ2v) is 7.89. The predicted octanol–water partition coefficient (Wildman–Crippen LogP) is 4.05. The van der Waals surface area contributed by atoms with Gasteiger partial charge in [0.2, 0.25) is 5.12 Å². The summed E-state index contributed by atoms with van der Waals surface area (Å²) in [5.41, 5.74) is 1.94. The minimum Gasteiger partial charge on any atom is -0.492 e. The van der Waals surface area contributed by atoms with Crippen LogP contribution in [0.2, 0.25) is 0 Å². The molecule has 0 bridgehead atoms. The zero-order valence-corrected chi connectivity index (χ0v) is 17.3. The molecule has 3 aromatic rings. The Morgan fingerprint density at radius 2 is 1.90 bits per heavy atom. The summed E-state index contributed by atoms with van der Waals surface area (Å²) in [6.07, 6.45) is 1.72. The molecular formula is C22H21N3O4S. The second kappa shape index (κ2) is 9.04. The lowest BCUT2D eigenvalue weighted by molar-refractivity contribution is -0.110. The molecule has 1 amide bonds. The minimum atomic E-state index is -0.190. The molecule has 0 atom stereocenters. The highest BCUT2D eigenvalue weighted by molar-refractivity contribution is 8.26. The Hall–Kier alpha value is -3.26. The third-order valence-electron chi connectivity index (χ3n) is 4.65. The highest BCUT2D eigenvalue weighted by atomic mass is 32.2. The van der Waals surface area contributed by atoms with Crippen molar-refractivity contribution in [2.75, 3.05) is 31.6 Å². The van der Waals surface area contributed by atoms with Gasteiger partial charge in [-0.05, 0) is 17.7 Å². The van der Waals surface area contributed by atoms with Crippen LogP contribution in [0.1, 0.15) is 5.56 Å². The van der Waals surface area contributed by atoms with Crippen molar-refractivity contribution in [2.45, 2.75) is 6.54 Å². The van der Waals surface area contributed by atoms with Crippen LogP contribution in [0.3, 0.4) is 0 Å². The average molecular weight is 423 g/mol. The van der Waals surface area contributed by atoms with Gasteiger partial charge in [-0.25, -0.2) is 4.98 Å². The van der Waals surface area contributed by atoms with Crippen molar-refractivity contribution in [3.8, 4) is 17.1 Å². The zero-order chi connectivity index (χ0) is 20.9. The van der Waals surface area contributed by atoms with Gasteiger partial charge < -0.3 is 19.0 Å². The van der Waals surface area contributed by atoms with Crippen LogP contribution in [0.15, 0.2) is 65.2 Å². The van der Waals surface area contributed by atoms with Crippen molar-refractivity contribution >= 4 is 28.1 Å². The van der Waals surface area contributed by atoms with Crippen molar-refractivity contribution < 1.29 is 18.7 Å². The molecule has 2 heterocycles. The van der Waals surface area contributed by atoms with Gasteiger partial charge in [0.25, 0.3) is 11.3 Å². The summed E-state index contributed by atoms with van der Waals surface area (Å²) in [6.45, 7) is 1.67. The first-order valence-corrected chi connectivity index (χ1v) is 10.3. The number of carbonyl (C=O) groups is 2. The predicted molar refractivity (Wildman–Crippen MR) is 116 cm³/mol. The Morgan fingerprint density at radius 3 is 2.60 bits per heavy atom. The number of oxazole rings is 1. The van der Waals surface area contributed by atoms with Gasteiger partial charge in [-0.1, -0.05) is 42.5 Å². The van der Waals surface area contributed by atoms with E-state index < -0.39 is 0 Å². The van der Waals surface area contributed by atoms with Crippen LogP contribution >= 0.6 is 11.8 Å². The first-order valence-electron chi connectivity index (χ1n) is 9.52. The molecule has 1 fully saturated rings. The fourth-order valence-corrected chi connectivity index (χ4v) is 3.69. The molecular weight excluding hydrogens is 402 g/mol. The van der Waals surface area contributed by atoms with E-state index in [0.717, 1.165) is 34.4 Å². The van der Waals surface area contributed by atoms with E-state index in [9.17, 15) is 9.59 Å². The lowest BCUT2D eigenvalue weighted by Crippen LogP contribution is -2.24. The summed E-state index contributed by atoms with van der Waals surface area (Å²) >= 11 is 0.769. The van der Waals surface area contributed by atoms with E-state index in [-0.39, 0.29) is 16.9 Å². The van der Waals surface area contributed by atoms with Crippen LogP contribution in [0.25, 0.3) is 11.3 Å². The Bertz CT molecular complexity index is 1020. The Kier molecular flexibility index (Phi) is 6.04. The summed E-state index contributed by atoms with van der Waals surface area (Å²) in [5.74, 6) is 1.47. The molecule has 7 nitrogen and oxygen atoms in total. The number of hydrogen-bond acceptors (Lipinski definition) is 7. The third-order valence-corrected chi connectivity index (χ3v) is 5.44. The van der Waals surface area contributed by atoms with Crippen LogP contribution in [0, 0.1) is 0 Å². The maximum absolute atomic E-state index is 11.7. The van der Waals surface area contributed by atoms with Gasteiger partial charge in [0.15, 0.2) is 5.76 Å². The van der Waals surface area contributed by atoms with Crippen LogP contribution in [0.4, 0.5) is 10.8 Å². The van der Waals surface area contributed by atoms with E-state index in [4.69, 9.17) is 9.15 Å². The number of hydrogen-bond donors (Lipinski definition) is 0. The van der Waals surface area contributed by atoms with Crippen molar-refractivity contribution in [1.29, 1.82) is 0 Å². The molecule has 0 radical (unpaired) electrons. The van der Waals surface area contributed by atoms with E-state index in [2.05, 4.69) is 4.98 Å². The molecule has 0 N–H and O–H groups in total. The van der Waals surface area contributed by atoms with Gasteiger partial charge in [-0.3, -0.25) is 9.59 Å². The average Bonchev–Trinajstić information content (AvgIpc) is 3.37. The summed E-state index contributed by atoms with van der Waals surface area (Å²) < 4.78 is 11.6. The monoisotopic (exact) mass is 423 g/mol. The number of rotatable bonds is 8. The van der Waals surface area contributed by atoms with Crippen molar-refractivity contribution in [2.24, 2.45) is 0 Å². The quantitative estimate of drug-likeness (QED) is 0.541. The normalized spacial score (nSPS) is 13.7. The highest BCUT2D eigenvalue weighted by Crippen LogP contribution is 2.24. The van der Waals surface area contributed by atoms with Gasteiger partial charge in [0.05, 0.1) is 19.3 Å². The first kappa shape index (κ1) is 20.0. The molecule has 1 aromatic heterocycles. The maximum Gasteiger partial charge on any atom is 0.297 e. The molecule has 0 unspecified atom stereocenters. The van der Waals surface area contributed by atoms with Crippen molar-refractivity contribution in [3.63, 3.8) is 0 Å². The summed E-state index contributed by atoms with van der Waals surface area (Å²) in [7, 11) is 1.90. The van der Waals surface area contributed by atoms with Crippen LogP contribution in [-0.2, 0) is 11.3 Å². The first-order chi connectivity index (χ1) is 14.6.